The fourth-order valence-electron chi connectivity index (χ4n) is 2.57. The van der Waals surface area contributed by atoms with Gasteiger partial charge in [-0.05, 0) is 50.5 Å². The van der Waals surface area contributed by atoms with Crippen LogP contribution in [0.2, 0.25) is 0 Å². The summed E-state index contributed by atoms with van der Waals surface area (Å²) >= 11 is 0. The lowest BCUT2D eigenvalue weighted by molar-refractivity contribution is -0.143. The Hall–Kier alpha value is -1.97. The van der Waals surface area contributed by atoms with Gasteiger partial charge < -0.3 is 9.84 Å². The molecule has 1 aliphatic heterocycles. The number of unbranched alkanes of at least 4 members (excludes halogenated alkanes) is 5. The Bertz CT molecular complexity index is 539. The second-order valence-electron chi connectivity index (χ2n) is 6.03. The second kappa shape index (κ2) is 12.5. The van der Waals surface area contributed by atoms with Crippen LogP contribution in [0.3, 0.4) is 0 Å². The van der Waals surface area contributed by atoms with Crippen molar-refractivity contribution in [3.8, 4) is 23.7 Å². The summed E-state index contributed by atoms with van der Waals surface area (Å²) in [5.41, 5.74) is 0. The van der Waals surface area contributed by atoms with E-state index in [4.69, 9.17) is 4.74 Å². The zero-order chi connectivity index (χ0) is 17.6. The zero-order valence-electron chi connectivity index (χ0n) is 14.6. The number of aliphatic hydroxyl groups is 1. The Kier molecular flexibility index (Phi) is 10.4. The van der Waals surface area contributed by atoms with Crippen LogP contribution in [-0.4, -0.2) is 23.3 Å². The maximum atomic E-state index is 11.5. The van der Waals surface area contributed by atoms with Gasteiger partial charge in [0.25, 0.3) is 0 Å². The van der Waals surface area contributed by atoms with Gasteiger partial charge in [-0.25, -0.2) is 0 Å². The molecule has 3 nitrogen and oxygen atoms in total. The number of hydrogen-bond acceptors (Lipinski definition) is 3. The average Bonchev–Trinajstić information content (AvgIpc) is 2.81. The third-order valence-electron chi connectivity index (χ3n) is 4.03. The summed E-state index contributed by atoms with van der Waals surface area (Å²) in [7, 11) is 0. The summed E-state index contributed by atoms with van der Waals surface area (Å²) in [5.74, 6) is 11.0. The third-order valence-corrected chi connectivity index (χ3v) is 4.03. The molecule has 0 amide bonds. The molecule has 0 aromatic rings. The van der Waals surface area contributed by atoms with Gasteiger partial charge in [0.15, 0.2) is 0 Å². The van der Waals surface area contributed by atoms with Gasteiger partial charge in [-0.15, -0.1) is 6.58 Å². The molecular formula is C21H28O3. The molecule has 1 rings (SSSR count). The van der Waals surface area contributed by atoms with Gasteiger partial charge >= 0.3 is 5.97 Å². The van der Waals surface area contributed by atoms with Gasteiger partial charge in [0.2, 0.25) is 0 Å². The predicted octanol–water partition coefficient (Wildman–Crippen LogP) is 3.78. The monoisotopic (exact) mass is 328 g/mol. The predicted molar refractivity (Wildman–Crippen MR) is 96.9 cm³/mol. The van der Waals surface area contributed by atoms with E-state index in [-0.39, 0.29) is 18.0 Å². The van der Waals surface area contributed by atoms with E-state index in [1.807, 2.05) is 18.2 Å². The summed E-state index contributed by atoms with van der Waals surface area (Å²) in [6.45, 7) is 5.40. The molecule has 0 radical (unpaired) electrons. The highest BCUT2D eigenvalue weighted by Crippen LogP contribution is 2.26. The molecule has 0 aromatic carbocycles. The molecule has 0 saturated carbocycles. The molecule has 1 N–H and O–H groups in total. The van der Waals surface area contributed by atoms with E-state index < -0.39 is 6.10 Å². The number of allylic oxidation sites excluding steroid dienone is 3. The van der Waals surface area contributed by atoms with E-state index in [0.717, 1.165) is 44.9 Å². The summed E-state index contributed by atoms with van der Waals surface area (Å²) < 4.78 is 5.03. The molecular weight excluding hydrogens is 300 g/mol. The van der Waals surface area contributed by atoms with Gasteiger partial charge in [-0.2, -0.15) is 0 Å². The van der Waals surface area contributed by atoms with E-state index >= 15 is 0 Å². The van der Waals surface area contributed by atoms with Crippen LogP contribution in [-0.2, 0) is 9.53 Å². The molecule has 0 unspecified atom stereocenters. The van der Waals surface area contributed by atoms with Gasteiger partial charge in [-0.3, -0.25) is 4.79 Å². The maximum absolute atomic E-state index is 11.5. The second-order valence-corrected chi connectivity index (χ2v) is 6.03. The Morgan fingerprint density at radius 2 is 2.00 bits per heavy atom. The van der Waals surface area contributed by atoms with Crippen molar-refractivity contribution < 1.29 is 14.6 Å². The fourth-order valence-corrected chi connectivity index (χ4v) is 2.57. The average molecular weight is 328 g/mol. The number of esters is 1. The minimum Gasteiger partial charge on any atom is -0.460 e. The van der Waals surface area contributed by atoms with Crippen molar-refractivity contribution in [2.45, 2.75) is 70.5 Å². The highest BCUT2D eigenvalue weighted by Gasteiger charge is 2.40. The van der Waals surface area contributed by atoms with Gasteiger partial charge in [0, 0.05) is 6.42 Å². The van der Waals surface area contributed by atoms with Crippen LogP contribution in [0.5, 0.6) is 0 Å². The SMILES string of the molecule is C=CCC/C=C/C#CC#CCCCCCC[C@@H]1C(=O)O[C@@H](C)[C@H]1O. The van der Waals surface area contributed by atoms with Crippen LogP contribution in [0, 0.1) is 29.6 Å². The summed E-state index contributed by atoms with van der Waals surface area (Å²) in [5, 5.41) is 9.85. The fraction of sp³-hybridized carbons (Fsp3) is 0.571. The van der Waals surface area contributed by atoms with Crippen molar-refractivity contribution in [3.05, 3.63) is 24.8 Å². The Morgan fingerprint density at radius 1 is 1.21 bits per heavy atom. The number of rotatable bonds is 9. The maximum Gasteiger partial charge on any atom is 0.312 e. The van der Waals surface area contributed by atoms with E-state index in [1.165, 1.54) is 0 Å². The van der Waals surface area contributed by atoms with Crippen LogP contribution in [0.4, 0.5) is 0 Å². The van der Waals surface area contributed by atoms with E-state index in [2.05, 4.69) is 30.3 Å². The van der Waals surface area contributed by atoms with Crippen LogP contribution >= 0.6 is 0 Å². The van der Waals surface area contributed by atoms with E-state index in [1.54, 1.807) is 6.92 Å². The molecule has 0 bridgehead atoms. The lowest BCUT2D eigenvalue weighted by Crippen LogP contribution is -2.24. The Balaban J connectivity index is 2.02. The normalized spacial score (nSPS) is 22.4. The van der Waals surface area contributed by atoms with Crippen molar-refractivity contribution in [2.24, 2.45) is 5.92 Å². The molecule has 3 heteroatoms. The van der Waals surface area contributed by atoms with Crippen molar-refractivity contribution in [1.29, 1.82) is 0 Å². The Morgan fingerprint density at radius 3 is 2.71 bits per heavy atom. The number of aliphatic hydroxyl groups excluding tert-OH is 1. The molecule has 3 atom stereocenters. The standard InChI is InChI=1S/C21H28O3/c1-3-4-5-6-7-8-9-10-11-12-13-14-15-16-17-19-20(22)18(2)24-21(19)23/h3,6-7,18-20,22H,1,4-5,12-17H2,2H3/b7-6+/t18-,19-,20+/m0/s1. The number of carbonyl (C=O) groups is 1. The largest absolute Gasteiger partial charge is 0.460 e. The van der Waals surface area contributed by atoms with Gasteiger partial charge in [0.05, 0.1) is 5.92 Å². The molecule has 0 spiro atoms. The van der Waals surface area contributed by atoms with Crippen molar-refractivity contribution in [1.82, 2.24) is 0 Å². The van der Waals surface area contributed by atoms with E-state index in [9.17, 15) is 9.90 Å². The van der Waals surface area contributed by atoms with Gasteiger partial charge in [0.1, 0.15) is 12.2 Å². The first kappa shape index (κ1) is 20.1. The first-order chi connectivity index (χ1) is 11.7. The number of ether oxygens (including phenoxy) is 1. The zero-order valence-corrected chi connectivity index (χ0v) is 14.6. The van der Waals surface area contributed by atoms with Crippen molar-refractivity contribution >= 4 is 5.97 Å². The highest BCUT2D eigenvalue weighted by atomic mass is 16.6. The van der Waals surface area contributed by atoms with Crippen LogP contribution in [0.25, 0.3) is 0 Å². The topological polar surface area (TPSA) is 46.5 Å². The minimum absolute atomic E-state index is 0.252. The molecule has 0 aromatic heterocycles. The minimum atomic E-state index is -0.646. The van der Waals surface area contributed by atoms with Crippen LogP contribution < -0.4 is 0 Å². The number of hydrogen-bond donors (Lipinski definition) is 1. The molecule has 1 heterocycles. The molecule has 1 saturated heterocycles. The number of carbonyl (C=O) groups excluding carboxylic acids is 1. The molecule has 24 heavy (non-hydrogen) atoms. The first-order valence-corrected chi connectivity index (χ1v) is 8.79. The van der Waals surface area contributed by atoms with E-state index in [0.29, 0.717) is 6.42 Å². The number of cyclic esters (lactones) is 1. The molecule has 130 valence electrons. The highest BCUT2D eigenvalue weighted by molar-refractivity contribution is 5.75. The first-order valence-electron chi connectivity index (χ1n) is 8.79. The lowest BCUT2D eigenvalue weighted by atomic mass is 9.95. The lowest BCUT2D eigenvalue weighted by Gasteiger charge is -2.11. The molecule has 1 fully saturated rings. The quantitative estimate of drug-likeness (QED) is 0.303. The van der Waals surface area contributed by atoms with Crippen molar-refractivity contribution in [2.75, 3.05) is 0 Å². The summed E-state index contributed by atoms with van der Waals surface area (Å²) in [6, 6.07) is 0. The summed E-state index contributed by atoms with van der Waals surface area (Å²) in [4.78, 5) is 11.5. The summed E-state index contributed by atoms with van der Waals surface area (Å²) in [6.07, 6.45) is 12.3. The Labute approximate surface area is 146 Å². The molecule has 1 aliphatic rings. The smallest absolute Gasteiger partial charge is 0.312 e. The van der Waals surface area contributed by atoms with Crippen LogP contribution in [0.15, 0.2) is 24.8 Å². The van der Waals surface area contributed by atoms with Crippen molar-refractivity contribution in [3.63, 3.8) is 0 Å². The third kappa shape index (κ3) is 8.04. The van der Waals surface area contributed by atoms with Gasteiger partial charge in [-0.1, -0.05) is 43.3 Å². The molecule has 0 aliphatic carbocycles. The van der Waals surface area contributed by atoms with Crippen LogP contribution in [0.1, 0.15) is 58.3 Å².